The lowest BCUT2D eigenvalue weighted by atomic mass is 9.79. The Bertz CT molecular complexity index is 696. The number of aromatic nitrogens is 2. The summed E-state index contributed by atoms with van der Waals surface area (Å²) in [5, 5.41) is 4.33. The van der Waals surface area contributed by atoms with Crippen molar-refractivity contribution in [2.45, 2.75) is 45.8 Å². The van der Waals surface area contributed by atoms with Crippen LogP contribution in [-0.2, 0) is 9.31 Å². The predicted octanol–water partition coefficient (Wildman–Crippen LogP) is 3.24. The highest BCUT2D eigenvalue weighted by Crippen LogP contribution is 2.37. The van der Waals surface area contributed by atoms with Crippen LogP contribution in [0, 0.1) is 6.92 Å². The van der Waals surface area contributed by atoms with E-state index in [2.05, 4.69) is 48.7 Å². The Labute approximate surface area is 140 Å². The Morgan fingerprint density at radius 3 is 2.27 bits per heavy atom. The monoisotopic (exact) mass is 362 g/mol. The molecule has 0 atom stereocenters. The van der Waals surface area contributed by atoms with Crippen molar-refractivity contribution >= 4 is 28.5 Å². The first-order valence-corrected chi connectivity index (χ1v) is 8.16. The first kappa shape index (κ1) is 15.8. The van der Waals surface area contributed by atoms with Crippen LogP contribution in [0.15, 0.2) is 35.1 Å². The van der Waals surface area contributed by atoms with E-state index in [9.17, 15) is 0 Å². The maximum atomic E-state index is 6.11. The minimum atomic E-state index is -0.368. The Balaban J connectivity index is 1.91. The Kier molecular flexibility index (Phi) is 3.74. The van der Waals surface area contributed by atoms with Crippen LogP contribution in [-0.4, -0.2) is 28.1 Å². The Morgan fingerprint density at radius 2 is 1.77 bits per heavy atom. The van der Waals surface area contributed by atoms with Crippen molar-refractivity contribution in [3.05, 3.63) is 40.6 Å². The molecule has 1 aromatic carbocycles. The molecule has 116 valence electrons. The number of nitrogens with zero attached hydrogens (tertiary/aromatic N) is 2. The van der Waals surface area contributed by atoms with Gasteiger partial charge < -0.3 is 9.31 Å². The summed E-state index contributed by atoms with van der Waals surface area (Å²) in [5.41, 5.74) is 2.45. The quantitative estimate of drug-likeness (QED) is 0.769. The molecule has 0 N–H and O–H groups in total. The molecule has 1 aliphatic heterocycles. The van der Waals surface area contributed by atoms with Crippen molar-refractivity contribution in [3.63, 3.8) is 0 Å². The van der Waals surface area contributed by atoms with E-state index in [-0.39, 0.29) is 18.3 Å². The van der Waals surface area contributed by atoms with Crippen LogP contribution in [0.1, 0.15) is 33.3 Å². The maximum Gasteiger partial charge on any atom is 0.495 e. The van der Waals surface area contributed by atoms with Crippen LogP contribution in [0.25, 0.3) is 5.69 Å². The summed E-state index contributed by atoms with van der Waals surface area (Å²) in [4.78, 5) is 0. The zero-order valence-corrected chi connectivity index (χ0v) is 15.1. The normalized spacial score (nSPS) is 19.6. The lowest BCUT2D eigenvalue weighted by Crippen LogP contribution is -2.41. The lowest BCUT2D eigenvalue weighted by molar-refractivity contribution is 0.00578. The van der Waals surface area contributed by atoms with Gasteiger partial charge in [0.05, 0.1) is 23.1 Å². The topological polar surface area (TPSA) is 36.3 Å². The molecule has 1 saturated heterocycles. The summed E-state index contributed by atoms with van der Waals surface area (Å²) in [6.07, 6.45) is 3.84. The second kappa shape index (κ2) is 5.22. The highest BCUT2D eigenvalue weighted by molar-refractivity contribution is 9.10. The van der Waals surface area contributed by atoms with E-state index >= 15 is 0 Å². The van der Waals surface area contributed by atoms with E-state index in [1.54, 1.807) is 0 Å². The van der Waals surface area contributed by atoms with Crippen molar-refractivity contribution in [1.82, 2.24) is 9.78 Å². The molecule has 1 aliphatic rings. The van der Waals surface area contributed by atoms with E-state index in [4.69, 9.17) is 9.31 Å². The third kappa shape index (κ3) is 2.64. The smallest absolute Gasteiger partial charge is 0.399 e. The standard InChI is InChI=1S/C16H20BBrN2O2/c1-11-9-19-20(10-11)12-6-7-13(14(18)8-12)17-21-15(2,3)16(4,5)22-17/h6-10H,1-5H3. The van der Waals surface area contributed by atoms with Gasteiger partial charge in [-0.05, 0) is 57.8 Å². The molecular formula is C16H20BBrN2O2. The molecule has 0 bridgehead atoms. The molecule has 1 fully saturated rings. The molecular weight excluding hydrogens is 343 g/mol. The van der Waals surface area contributed by atoms with Gasteiger partial charge in [-0.1, -0.05) is 22.0 Å². The van der Waals surface area contributed by atoms with E-state index in [0.717, 1.165) is 21.2 Å². The van der Waals surface area contributed by atoms with Gasteiger partial charge in [-0.15, -0.1) is 0 Å². The number of hydrogen-bond donors (Lipinski definition) is 0. The molecule has 0 saturated carbocycles. The van der Waals surface area contributed by atoms with Gasteiger partial charge in [-0.3, -0.25) is 0 Å². The van der Waals surface area contributed by atoms with E-state index in [1.165, 1.54) is 0 Å². The molecule has 0 aliphatic carbocycles. The number of aryl methyl sites for hydroxylation is 1. The minimum Gasteiger partial charge on any atom is -0.399 e. The zero-order chi connectivity index (χ0) is 16.1. The summed E-state index contributed by atoms with van der Waals surface area (Å²) in [6.45, 7) is 10.3. The summed E-state index contributed by atoms with van der Waals surface area (Å²) >= 11 is 3.64. The van der Waals surface area contributed by atoms with Gasteiger partial charge in [0.15, 0.2) is 0 Å². The van der Waals surface area contributed by atoms with E-state index < -0.39 is 0 Å². The average Bonchev–Trinajstić information content (AvgIpc) is 2.91. The van der Waals surface area contributed by atoms with Crippen LogP contribution >= 0.6 is 15.9 Å². The van der Waals surface area contributed by atoms with Gasteiger partial charge >= 0.3 is 7.12 Å². The molecule has 0 amide bonds. The third-order valence-electron chi connectivity index (χ3n) is 4.47. The van der Waals surface area contributed by atoms with Crippen LogP contribution in [0.2, 0.25) is 0 Å². The third-order valence-corrected chi connectivity index (χ3v) is 5.15. The fraction of sp³-hybridized carbons (Fsp3) is 0.438. The van der Waals surface area contributed by atoms with Crippen LogP contribution < -0.4 is 5.46 Å². The van der Waals surface area contributed by atoms with Gasteiger partial charge in [-0.2, -0.15) is 5.10 Å². The fourth-order valence-electron chi connectivity index (χ4n) is 2.37. The van der Waals surface area contributed by atoms with Crippen LogP contribution in [0.5, 0.6) is 0 Å². The summed E-state index contributed by atoms with van der Waals surface area (Å²) in [6, 6.07) is 6.09. The molecule has 6 heteroatoms. The largest absolute Gasteiger partial charge is 0.495 e. The van der Waals surface area contributed by atoms with Gasteiger partial charge in [0.1, 0.15) is 0 Å². The highest BCUT2D eigenvalue weighted by atomic mass is 79.9. The van der Waals surface area contributed by atoms with Gasteiger partial charge in [0.2, 0.25) is 0 Å². The molecule has 0 spiro atoms. The minimum absolute atomic E-state index is 0.338. The molecule has 4 nitrogen and oxygen atoms in total. The van der Waals surface area contributed by atoms with Gasteiger partial charge in [0.25, 0.3) is 0 Å². The first-order valence-electron chi connectivity index (χ1n) is 7.36. The first-order chi connectivity index (χ1) is 10.2. The summed E-state index contributed by atoms with van der Waals surface area (Å²) in [7, 11) is -0.368. The molecule has 22 heavy (non-hydrogen) atoms. The highest BCUT2D eigenvalue weighted by Gasteiger charge is 2.52. The van der Waals surface area contributed by atoms with Crippen molar-refractivity contribution in [1.29, 1.82) is 0 Å². The predicted molar refractivity (Wildman–Crippen MR) is 91.7 cm³/mol. The zero-order valence-electron chi connectivity index (χ0n) is 13.6. The number of benzene rings is 1. The van der Waals surface area contributed by atoms with Crippen molar-refractivity contribution in [2.75, 3.05) is 0 Å². The molecule has 2 aromatic rings. The van der Waals surface area contributed by atoms with Gasteiger partial charge in [0, 0.05) is 10.7 Å². The molecule has 0 radical (unpaired) electrons. The van der Waals surface area contributed by atoms with Crippen molar-refractivity contribution in [2.24, 2.45) is 0 Å². The van der Waals surface area contributed by atoms with Crippen LogP contribution in [0.4, 0.5) is 0 Å². The Hall–Kier alpha value is -1.11. The number of halogens is 1. The van der Waals surface area contributed by atoms with Crippen molar-refractivity contribution in [3.8, 4) is 5.69 Å². The Morgan fingerprint density at radius 1 is 1.14 bits per heavy atom. The molecule has 3 rings (SSSR count). The number of rotatable bonds is 2. The summed E-state index contributed by atoms with van der Waals surface area (Å²) < 4.78 is 15.0. The fourth-order valence-corrected chi connectivity index (χ4v) is 2.93. The molecule has 0 unspecified atom stereocenters. The molecule has 1 aromatic heterocycles. The number of hydrogen-bond acceptors (Lipinski definition) is 3. The summed E-state index contributed by atoms with van der Waals surface area (Å²) in [5.74, 6) is 0. The van der Waals surface area contributed by atoms with E-state index in [0.29, 0.717) is 0 Å². The second-order valence-corrected chi connectivity index (χ2v) is 7.61. The second-order valence-electron chi connectivity index (χ2n) is 6.76. The molecule has 2 heterocycles. The maximum absolute atomic E-state index is 6.11. The van der Waals surface area contributed by atoms with E-state index in [1.807, 2.05) is 42.2 Å². The van der Waals surface area contributed by atoms with Crippen molar-refractivity contribution < 1.29 is 9.31 Å². The SMILES string of the molecule is Cc1cnn(-c2ccc(B3OC(C)(C)C(C)(C)O3)c(Br)c2)c1. The average molecular weight is 363 g/mol. The van der Waals surface area contributed by atoms with Crippen LogP contribution in [0.3, 0.4) is 0 Å². The lowest BCUT2D eigenvalue weighted by Gasteiger charge is -2.32. The van der Waals surface area contributed by atoms with Gasteiger partial charge in [-0.25, -0.2) is 4.68 Å².